The van der Waals surface area contributed by atoms with Gasteiger partial charge < -0.3 is 14.4 Å². The Hall–Kier alpha value is -2.00. The molecule has 2 aromatic rings. The van der Waals surface area contributed by atoms with E-state index in [1.165, 1.54) is 22.5 Å². The van der Waals surface area contributed by atoms with E-state index in [9.17, 15) is 13.2 Å². The average molecular weight is 457 g/mol. The highest BCUT2D eigenvalue weighted by Crippen LogP contribution is 2.31. The fourth-order valence-electron chi connectivity index (χ4n) is 3.32. The maximum atomic E-state index is 12.9. The summed E-state index contributed by atoms with van der Waals surface area (Å²) in [4.78, 5) is 14.4. The lowest BCUT2D eigenvalue weighted by atomic mass is 10.2. The van der Waals surface area contributed by atoms with Crippen LogP contribution in [0.5, 0.6) is 11.5 Å². The molecule has 0 aromatic heterocycles. The Balaban J connectivity index is 1.41. The minimum absolute atomic E-state index is 0.0374. The van der Waals surface area contributed by atoms with Crippen molar-refractivity contribution in [1.29, 1.82) is 0 Å². The van der Waals surface area contributed by atoms with Crippen LogP contribution < -0.4 is 9.47 Å². The predicted molar refractivity (Wildman–Crippen MR) is 108 cm³/mol. The molecule has 0 saturated carbocycles. The largest absolute Gasteiger partial charge is 0.485 e. The fraction of sp³-hybridized carbons (Fsp3) is 0.316. The van der Waals surface area contributed by atoms with Crippen molar-refractivity contribution in [3.63, 3.8) is 0 Å². The van der Waals surface area contributed by atoms with Crippen LogP contribution in [-0.4, -0.2) is 62.4 Å². The van der Waals surface area contributed by atoms with E-state index in [-0.39, 0.29) is 53.6 Å². The van der Waals surface area contributed by atoms with Crippen molar-refractivity contribution in [1.82, 2.24) is 9.21 Å². The molecule has 0 N–H and O–H groups in total. The maximum absolute atomic E-state index is 12.9. The van der Waals surface area contributed by atoms with Crippen molar-refractivity contribution in [2.45, 2.75) is 11.0 Å². The monoisotopic (exact) mass is 456 g/mol. The Labute approximate surface area is 178 Å². The second kappa shape index (κ2) is 8.02. The van der Waals surface area contributed by atoms with Crippen LogP contribution in [0.2, 0.25) is 10.0 Å². The molecule has 0 bridgehead atoms. The number of carbonyl (C=O) groups is 1. The van der Waals surface area contributed by atoms with Crippen molar-refractivity contribution < 1.29 is 22.7 Å². The van der Waals surface area contributed by atoms with Gasteiger partial charge in [0.2, 0.25) is 16.1 Å². The van der Waals surface area contributed by atoms with Gasteiger partial charge in [-0.3, -0.25) is 4.79 Å². The maximum Gasteiger partial charge on any atom is 0.267 e. The van der Waals surface area contributed by atoms with Crippen LogP contribution in [0.15, 0.2) is 47.4 Å². The van der Waals surface area contributed by atoms with Gasteiger partial charge in [0.25, 0.3) is 5.91 Å². The van der Waals surface area contributed by atoms with Gasteiger partial charge in [0.05, 0.1) is 4.90 Å². The molecule has 0 unspecified atom stereocenters. The summed E-state index contributed by atoms with van der Waals surface area (Å²) in [7, 11) is -3.75. The fourth-order valence-corrected chi connectivity index (χ4v) is 5.47. The zero-order valence-electron chi connectivity index (χ0n) is 15.3. The molecule has 1 fully saturated rings. The van der Waals surface area contributed by atoms with E-state index in [4.69, 9.17) is 32.7 Å². The number of benzene rings is 2. The highest BCUT2D eigenvalue weighted by molar-refractivity contribution is 7.89. The van der Waals surface area contributed by atoms with Gasteiger partial charge in [-0.1, -0.05) is 35.3 Å². The number of ether oxygens (including phenoxy) is 2. The smallest absolute Gasteiger partial charge is 0.267 e. The van der Waals surface area contributed by atoms with E-state index in [1.807, 2.05) is 6.07 Å². The summed E-state index contributed by atoms with van der Waals surface area (Å²) < 4.78 is 38.4. The number of amides is 1. The zero-order chi connectivity index (χ0) is 20.6. The Morgan fingerprint density at radius 2 is 1.59 bits per heavy atom. The summed E-state index contributed by atoms with van der Waals surface area (Å²) in [6.07, 6.45) is -0.750. The molecule has 2 aliphatic rings. The van der Waals surface area contributed by atoms with Crippen LogP contribution in [0.3, 0.4) is 0 Å². The standard InChI is InChI=1S/C19H18Cl2N2O5S/c20-13-9-14(21)11-15(10-13)29(25,26)23-7-5-22(6-8-23)19(24)18-12-27-16-3-1-2-4-17(16)28-18/h1-4,9-11,18H,5-8,12H2/t18-/m1/s1. The third-order valence-electron chi connectivity index (χ3n) is 4.81. The second-order valence-corrected chi connectivity index (χ2v) is 9.51. The average Bonchev–Trinajstić information content (AvgIpc) is 2.72. The molecule has 1 atom stereocenters. The molecule has 0 spiro atoms. The molecule has 4 rings (SSSR count). The summed E-state index contributed by atoms with van der Waals surface area (Å²) in [6.45, 7) is 0.974. The third-order valence-corrected chi connectivity index (χ3v) is 7.12. The zero-order valence-corrected chi connectivity index (χ0v) is 17.6. The number of hydrogen-bond donors (Lipinski definition) is 0. The van der Waals surface area contributed by atoms with Crippen molar-refractivity contribution in [2.24, 2.45) is 0 Å². The molecule has 29 heavy (non-hydrogen) atoms. The number of sulfonamides is 1. The summed E-state index contributed by atoms with van der Waals surface area (Å²) in [5, 5.41) is 0.499. The van der Waals surface area contributed by atoms with Gasteiger partial charge >= 0.3 is 0 Å². The van der Waals surface area contributed by atoms with E-state index in [0.29, 0.717) is 11.5 Å². The Bertz CT molecular complexity index is 1020. The van der Waals surface area contributed by atoms with Crippen molar-refractivity contribution in [2.75, 3.05) is 32.8 Å². The minimum atomic E-state index is -3.75. The van der Waals surface area contributed by atoms with E-state index in [2.05, 4.69) is 0 Å². The molecule has 1 amide bonds. The Morgan fingerprint density at radius 3 is 2.24 bits per heavy atom. The van der Waals surface area contributed by atoms with Gasteiger partial charge in [-0.2, -0.15) is 4.31 Å². The van der Waals surface area contributed by atoms with Gasteiger partial charge in [-0.05, 0) is 30.3 Å². The Morgan fingerprint density at radius 1 is 0.966 bits per heavy atom. The molecule has 154 valence electrons. The first kappa shape index (κ1) is 20.3. The molecule has 7 nitrogen and oxygen atoms in total. The number of piperazine rings is 1. The molecule has 2 aromatic carbocycles. The quantitative estimate of drug-likeness (QED) is 0.709. The van der Waals surface area contributed by atoms with Gasteiger partial charge in [0, 0.05) is 36.2 Å². The van der Waals surface area contributed by atoms with Crippen LogP contribution >= 0.6 is 23.2 Å². The molecular formula is C19H18Cl2N2O5S. The second-order valence-electron chi connectivity index (χ2n) is 6.70. The number of carbonyl (C=O) groups excluding carboxylic acids is 1. The molecule has 2 heterocycles. The molecular weight excluding hydrogens is 439 g/mol. The first-order valence-electron chi connectivity index (χ1n) is 8.98. The number of fused-ring (bicyclic) bond motifs is 1. The lowest BCUT2D eigenvalue weighted by Crippen LogP contribution is -2.55. The number of nitrogens with zero attached hydrogens (tertiary/aromatic N) is 2. The Kier molecular flexibility index (Phi) is 5.61. The molecule has 1 saturated heterocycles. The van der Waals surface area contributed by atoms with Crippen LogP contribution in [-0.2, 0) is 14.8 Å². The van der Waals surface area contributed by atoms with Crippen molar-refractivity contribution >= 4 is 39.1 Å². The normalized spacial score (nSPS) is 19.8. The van der Waals surface area contributed by atoms with Gasteiger partial charge in [-0.15, -0.1) is 0 Å². The molecule has 0 radical (unpaired) electrons. The lowest BCUT2D eigenvalue weighted by Gasteiger charge is -2.36. The SMILES string of the molecule is O=C([C@H]1COc2ccccc2O1)N1CCN(S(=O)(=O)c2cc(Cl)cc(Cl)c2)CC1. The molecule has 2 aliphatic heterocycles. The van der Waals surface area contributed by atoms with E-state index >= 15 is 0 Å². The minimum Gasteiger partial charge on any atom is -0.485 e. The number of hydrogen-bond acceptors (Lipinski definition) is 5. The van der Waals surface area contributed by atoms with Crippen LogP contribution in [0.4, 0.5) is 0 Å². The molecule has 10 heteroatoms. The summed E-state index contributed by atoms with van der Waals surface area (Å²) in [5.41, 5.74) is 0. The first-order valence-corrected chi connectivity index (χ1v) is 11.2. The highest BCUT2D eigenvalue weighted by Gasteiger charge is 2.35. The summed E-state index contributed by atoms with van der Waals surface area (Å²) >= 11 is 11.9. The number of rotatable bonds is 3. The predicted octanol–water partition coefficient (Wildman–Crippen LogP) is 2.67. The van der Waals surface area contributed by atoms with Crippen LogP contribution in [0, 0.1) is 0 Å². The third kappa shape index (κ3) is 4.16. The topological polar surface area (TPSA) is 76.2 Å². The summed E-state index contributed by atoms with van der Waals surface area (Å²) in [6, 6.07) is 11.4. The van der Waals surface area contributed by atoms with Crippen LogP contribution in [0.25, 0.3) is 0 Å². The van der Waals surface area contributed by atoms with Crippen molar-refractivity contribution in [3.05, 3.63) is 52.5 Å². The van der Waals surface area contributed by atoms with Gasteiger partial charge in [-0.25, -0.2) is 8.42 Å². The van der Waals surface area contributed by atoms with E-state index in [0.717, 1.165) is 0 Å². The highest BCUT2D eigenvalue weighted by atomic mass is 35.5. The van der Waals surface area contributed by atoms with Gasteiger partial charge in [0.15, 0.2) is 11.5 Å². The number of halogens is 2. The van der Waals surface area contributed by atoms with Gasteiger partial charge in [0.1, 0.15) is 6.61 Å². The number of para-hydroxylation sites is 2. The summed E-state index contributed by atoms with van der Waals surface area (Å²) in [5.74, 6) is 0.908. The lowest BCUT2D eigenvalue weighted by molar-refractivity contribution is -0.142. The first-order chi connectivity index (χ1) is 13.8. The van der Waals surface area contributed by atoms with E-state index in [1.54, 1.807) is 23.1 Å². The van der Waals surface area contributed by atoms with E-state index < -0.39 is 16.1 Å². The molecule has 0 aliphatic carbocycles. The van der Waals surface area contributed by atoms with Crippen molar-refractivity contribution in [3.8, 4) is 11.5 Å². The van der Waals surface area contributed by atoms with Crippen LogP contribution in [0.1, 0.15) is 0 Å².